The fourth-order valence-electron chi connectivity index (χ4n) is 2.55. The molecule has 0 fully saturated rings. The van der Waals surface area contributed by atoms with Crippen LogP contribution in [0.25, 0.3) is 11.4 Å². The van der Waals surface area contributed by atoms with Crippen molar-refractivity contribution in [2.24, 2.45) is 5.14 Å². The molecule has 146 valence electrons. The third-order valence-electron chi connectivity index (χ3n) is 3.93. The Hall–Kier alpha value is -3.24. The normalized spacial score (nSPS) is 11.2. The quantitative estimate of drug-likeness (QED) is 0.499. The van der Waals surface area contributed by atoms with Crippen molar-refractivity contribution in [1.82, 2.24) is 20.5 Å². The number of H-pyrrole nitrogens is 1. The molecule has 0 bridgehead atoms. The number of carbonyl (C=O) groups is 1. The number of aromatic amines is 1. The van der Waals surface area contributed by atoms with E-state index < -0.39 is 10.0 Å². The summed E-state index contributed by atoms with van der Waals surface area (Å²) in [5, 5.41) is 17.5. The molecule has 0 unspecified atom stereocenters. The molecule has 0 spiro atoms. The van der Waals surface area contributed by atoms with Crippen molar-refractivity contribution in [1.29, 1.82) is 0 Å². The van der Waals surface area contributed by atoms with E-state index >= 15 is 0 Å². The van der Waals surface area contributed by atoms with Crippen molar-refractivity contribution >= 4 is 21.7 Å². The molecule has 9 nitrogen and oxygen atoms in total. The molecule has 0 saturated heterocycles. The summed E-state index contributed by atoms with van der Waals surface area (Å²) in [4.78, 5) is 16.4. The Kier molecular flexibility index (Phi) is 5.71. The Bertz CT molecular complexity index is 1080. The van der Waals surface area contributed by atoms with Crippen LogP contribution in [0.2, 0.25) is 0 Å². The fourth-order valence-corrected chi connectivity index (χ4v) is 3.06. The first-order chi connectivity index (χ1) is 13.3. The van der Waals surface area contributed by atoms with Crippen LogP contribution >= 0.6 is 0 Å². The van der Waals surface area contributed by atoms with Gasteiger partial charge in [-0.3, -0.25) is 5.10 Å². The highest BCUT2D eigenvalue weighted by molar-refractivity contribution is 7.89. The van der Waals surface area contributed by atoms with Gasteiger partial charge in [0.25, 0.3) is 0 Å². The van der Waals surface area contributed by atoms with E-state index in [0.717, 1.165) is 11.1 Å². The maximum atomic E-state index is 12.1. The number of anilines is 1. The monoisotopic (exact) mass is 400 g/mol. The van der Waals surface area contributed by atoms with Crippen molar-refractivity contribution in [2.75, 3.05) is 11.9 Å². The number of nitrogens with two attached hydrogens (primary N) is 1. The molecule has 0 aliphatic heterocycles. The van der Waals surface area contributed by atoms with Gasteiger partial charge in [-0.25, -0.2) is 23.3 Å². The van der Waals surface area contributed by atoms with Crippen LogP contribution in [-0.4, -0.2) is 36.2 Å². The molecule has 0 radical (unpaired) electrons. The molecule has 5 N–H and O–H groups in total. The Morgan fingerprint density at radius 2 is 1.93 bits per heavy atom. The van der Waals surface area contributed by atoms with E-state index in [4.69, 9.17) is 5.14 Å². The number of primary sulfonamides is 1. The topological polar surface area (TPSA) is 143 Å². The van der Waals surface area contributed by atoms with Gasteiger partial charge in [-0.15, -0.1) is 0 Å². The average molecular weight is 400 g/mol. The van der Waals surface area contributed by atoms with Gasteiger partial charge in [-0.05, 0) is 43.2 Å². The SMILES string of the molecule is Cc1nc(-c2cccc(NC(=O)NCCc3ccc(S(N)(=O)=O)cc3)c2)n[nH]1. The molecule has 3 rings (SSSR count). The number of aromatic nitrogens is 3. The van der Waals surface area contributed by atoms with Crippen LogP contribution in [-0.2, 0) is 16.4 Å². The van der Waals surface area contributed by atoms with Gasteiger partial charge >= 0.3 is 6.03 Å². The molecule has 1 aromatic heterocycles. The molecular formula is C18H20N6O3S. The first kappa shape index (κ1) is 19.5. The average Bonchev–Trinajstić information content (AvgIpc) is 3.08. The second-order valence-corrected chi connectivity index (χ2v) is 7.71. The van der Waals surface area contributed by atoms with Gasteiger partial charge in [-0.1, -0.05) is 24.3 Å². The number of benzene rings is 2. The van der Waals surface area contributed by atoms with Gasteiger partial charge in [0.2, 0.25) is 10.0 Å². The van der Waals surface area contributed by atoms with Crippen LogP contribution in [0.15, 0.2) is 53.4 Å². The van der Waals surface area contributed by atoms with Gasteiger partial charge in [0.05, 0.1) is 4.90 Å². The molecule has 2 aromatic carbocycles. The molecule has 28 heavy (non-hydrogen) atoms. The van der Waals surface area contributed by atoms with E-state index in [1.807, 2.05) is 19.1 Å². The lowest BCUT2D eigenvalue weighted by Crippen LogP contribution is -2.30. The van der Waals surface area contributed by atoms with Crippen molar-refractivity contribution in [2.45, 2.75) is 18.2 Å². The summed E-state index contributed by atoms with van der Waals surface area (Å²) in [6.07, 6.45) is 0.550. The Morgan fingerprint density at radius 1 is 1.18 bits per heavy atom. The number of nitrogens with zero attached hydrogens (tertiary/aromatic N) is 2. The number of sulfonamides is 1. The van der Waals surface area contributed by atoms with Crippen LogP contribution in [0.3, 0.4) is 0 Å². The number of amides is 2. The fraction of sp³-hybridized carbons (Fsp3) is 0.167. The molecule has 0 aliphatic rings. The molecule has 3 aromatic rings. The molecule has 0 saturated carbocycles. The predicted molar refractivity (Wildman–Crippen MR) is 105 cm³/mol. The van der Waals surface area contributed by atoms with Gasteiger partial charge in [-0.2, -0.15) is 5.10 Å². The maximum Gasteiger partial charge on any atom is 0.319 e. The minimum absolute atomic E-state index is 0.0587. The molecule has 0 atom stereocenters. The third kappa shape index (κ3) is 5.15. The molecule has 1 heterocycles. The Morgan fingerprint density at radius 3 is 2.57 bits per heavy atom. The van der Waals surface area contributed by atoms with Crippen molar-refractivity contribution in [3.05, 3.63) is 59.9 Å². The number of hydrogen-bond acceptors (Lipinski definition) is 5. The van der Waals surface area contributed by atoms with E-state index in [2.05, 4.69) is 25.8 Å². The predicted octanol–water partition coefficient (Wildman–Crippen LogP) is 1.79. The highest BCUT2D eigenvalue weighted by Crippen LogP contribution is 2.19. The second kappa shape index (κ2) is 8.19. The largest absolute Gasteiger partial charge is 0.338 e. The van der Waals surface area contributed by atoms with Crippen LogP contribution < -0.4 is 15.8 Å². The molecule has 0 aliphatic carbocycles. The number of nitrogens with one attached hydrogen (secondary N) is 3. The van der Waals surface area contributed by atoms with Crippen LogP contribution in [0.4, 0.5) is 10.5 Å². The zero-order valence-electron chi connectivity index (χ0n) is 15.1. The minimum Gasteiger partial charge on any atom is -0.338 e. The summed E-state index contributed by atoms with van der Waals surface area (Å²) in [5.74, 6) is 1.27. The number of aryl methyl sites for hydroxylation is 1. The molecular weight excluding hydrogens is 380 g/mol. The number of hydrogen-bond donors (Lipinski definition) is 4. The first-order valence-corrected chi connectivity index (χ1v) is 10.0. The van der Waals surface area contributed by atoms with Crippen molar-refractivity contribution in [3.63, 3.8) is 0 Å². The smallest absolute Gasteiger partial charge is 0.319 e. The maximum absolute atomic E-state index is 12.1. The van der Waals surface area contributed by atoms with Gasteiger partial charge in [0.15, 0.2) is 5.82 Å². The van der Waals surface area contributed by atoms with E-state index in [0.29, 0.717) is 30.3 Å². The second-order valence-electron chi connectivity index (χ2n) is 6.15. The van der Waals surface area contributed by atoms with E-state index in [9.17, 15) is 13.2 Å². The lowest BCUT2D eigenvalue weighted by molar-refractivity contribution is 0.252. The lowest BCUT2D eigenvalue weighted by Gasteiger charge is -2.09. The molecule has 2 amide bonds. The summed E-state index contributed by atoms with van der Waals surface area (Å²) in [7, 11) is -3.70. The highest BCUT2D eigenvalue weighted by atomic mass is 32.2. The van der Waals surface area contributed by atoms with Crippen molar-refractivity contribution < 1.29 is 13.2 Å². The van der Waals surface area contributed by atoms with E-state index in [-0.39, 0.29) is 10.9 Å². The van der Waals surface area contributed by atoms with E-state index in [1.165, 1.54) is 12.1 Å². The highest BCUT2D eigenvalue weighted by Gasteiger charge is 2.08. The minimum atomic E-state index is -3.70. The zero-order valence-corrected chi connectivity index (χ0v) is 16.0. The Balaban J connectivity index is 1.52. The number of rotatable bonds is 6. The number of carbonyl (C=O) groups excluding carboxylic acids is 1. The zero-order chi connectivity index (χ0) is 20.1. The van der Waals surface area contributed by atoms with E-state index in [1.54, 1.807) is 24.3 Å². The van der Waals surface area contributed by atoms with Crippen LogP contribution in [0.1, 0.15) is 11.4 Å². The summed E-state index contributed by atoms with van der Waals surface area (Å²) in [6.45, 7) is 2.20. The summed E-state index contributed by atoms with van der Waals surface area (Å²) in [5.41, 5.74) is 2.29. The van der Waals surface area contributed by atoms with Crippen LogP contribution in [0.5, 0.6) is 0 Å². The summed E-state index contributed by atoms with van der Waals surface area (Å²) < 4.78 is 22.5. The molecule has 10 heteroatoms. The lowest BCUT2D eigenvalue weighted by atomic mass is 10.1. The van der Waals surface area contributed by atoms with Gasteiger partial charge < -0.3 is 10.6 Å². The van der Waals surface area contributed by atoms with Gasteiger partial charge in [0, 0.05) is 17.8 Å². The van der Waals surface area contributed by atoms with Crippen molar-refractivity contribution in [3.8, 4) is 11.4 Å². The number of urea groups is 1. The standard InChI is InChI=1S/C18H20N6O3S/c1-12-21-17(24-23-12)14-3-2-4-15(11-14)22-18(25)20-10-9-13-5-7-16(8-6-13)28(19,26)27/h2-8,11H,9-10H2,1H3,(H2,19,26,27)(H2,20,22,25)(H,21,23,24). The Labute approximate surface area is 162 Å². The van der Waals surface area contributed by atoms with Gasteiger partial charge in [0.1, 0.15) is 5.82 Å². The third-order valence-corrected chi connectivity index (χ3v) is 4.86. The first-order valence-electron chi connectivity index (χ1n) is 8.47. The summed E-state index contributed by atoms with van der Waals surface area (Å²) >= 11 is 0. The summed E-state index contributed by atoms with van der Waals surface area (Å²) in [6, 6.07) is 13.1. The van der Waals surface area contributed by atoms with Crippen LogP contribution in [0, 0.1) is 6.92 Å².